The Balaban J connectivity index is 3.45. The Labute approximate surface area is 110 Å². The molecule has 0 aromatic heterocycles. The van der Waals surface area contributed by atoms with Crippen LogP contribution in [0.1, 0.15) is 6.42 Å². The summed E-state index contributed by atoms with van der Waals surface area (Å²) >= 11 is 12.3. The van der Waals surface area contributed by atoms with Crippen molar-refractivity contribution in [1.82, 2.24) is 0 Å². The van der Waals surface area contributed by atoms with Crippen molar-refractivity contribution in [2.24, 2.45) is 0 Å². The van der Waals surface area contributed by atoms with E-state index in [2.05, 4.69) is 6.58 Å². The number of ether oxygens (including phenoxy) is 3. The van der Waals surface area contributed by atoms with Crippen LogP contribution in [0.15, 0.2) is 23.4 Å². The van der Waals surface area contributed by atoms with Crippen molar-refractivity contribution < 1.29 is 19.0 Å². The summed E-state index contributed by atoms with van der Waals surface area (Å²) in [4.78, 5) is 10.6. The maximum absolute atomic E-state index is 12.1. The van der Waals surface area contributed by atoms with Gasteiger partial charge in [0.15, 0.2) is 10.6 Å². The monoisotopic (exact) mass is 280 g/mol. The normalized spacial score (nSPS) is 27.5. The van der Waals surface area contributed by atoms with Crippen LogP contribution >= 0.6 is 23.2 Å². The van der Waals surface area contributed by atoms with E-state index >= 15 is 0 Å². The third-order valence-corrected chi connectivity index (χ3v) is 3.70. The summed E-state index contributed by atoms with van der Waals surface area (Å²) in [7, 11) is 4.10. The minimum absolute atomic E-state index is 0.0750. The van der Waals surface area contributed by atoms with Gasteiger partial charge in [0.25, 0.3) is 5.79 Å². The average molecular weight is 281 g/mol. The smallest absolute Gasteiger partial charge is 0.256 e. The molecular weight excluding hydrogens is 267 g/mol. The van der Waals surface area contributed by atoms with Gasteiger partial charge in [0, 0.05) is 14.2 Å². The molecule has 0 bridgehead atoms. The standard InChI is InChI=1S/C11H14Cl2O4/c1-5-6-10(13)8(14)7(12)9(15-2)11(10,16-3)17-4/h5H,1,6H2,2-4H3/t10-/m0/s1. The lowest BCUT2D eigenvalue weighted by Crippen LogP contribution is -2.54. The molecule has 4 nitrogen and oxygen atoms in total. The molecule has 0 N–H and O–H groups in total. The summed E-state index contributed by atoms with van der Waals surface area (Å²) in [5, 5.41) is -0.118. The zero-order chi connectivity index (χ0) is 13.3. The highest BCUT2D eigenvalue weighted by Crippen LogP contribution is 2.51. The summed E-state index contributed by atoms with van der Waals surface area (Å²) in [5.74, 6) is -1.96. The van der Waals surface area contributed by atoms with E-state index in [1.54, 1.807) is 0 Å². The molecule has 6 heteroatoms. The first-order chi connectivity index (χ1) is 7.95. The van der Waals surface area contributed by atoms with Gasteiger partial charge in [-0.2, -0.15) is 0 Å². The zero-order valence-corrected chi connectivity index (χ0v) is 11.4. The second-order valence-electron chi connectivity index (χ2n) is 3.50. The van der Waals surface area contributed by atoms with Gasteiger partial charge in [-0.25, -0.2) is 0 Å². The fourth-order valence-electron chi connectivity index (χ4n) is 1.99. The Morgan fingerprint density at radius 1 is 1.35 bits per heavy atom. The fraction of sp³-hybridized carbons (Fsp3) is 0.545. The van der Waals surface area contributed by atoms with Gasteiger partial charge in [-0.1, -0.05) is 17.7 Å². The van der Waals surface area contributed by atoms with Crippen molar-refractivity contribution >= 4 is 29.0 Å². The van der Waals surface area contributed by atoms with Gasteiger partial charge < -0.3 is 14.2 Å². The van der Waals surface area contributed by atoms with Gasteiger partial charge in [0.05, 0.1) is 7.11 Å². The number of hydrogen-bond donors (Lipinski definition) is 0. The topological polar surface area (TPSA) is 44.8 Å². The third-order valence-electron chi connectivity index (χ3n) is 2.78. The second kappa shape index (κ2) is 4.98. The number of carbonyl (C=O) groups excluding carboxylic acids is 1. The van der Waals surface area contributed by atoms with Crippen molar-refractivity contribution in [2.45, 2.75) is 17.1 Å². The number of carbonyl (C=O) groups is 1. The predicted molar refractivity (Wildman–Crippen MR) is 65.0 cm³/mol. The SMILES string of the molecule is C=CC[C@]1(Cl)C(=O)C(Cl)=C(OC)C1(OC)OC. The summed E-state index contributed by atoms with van der Waals surface area (Å²) in [5.41, 5.74) is 0. The molecule has 0 aromatic carbocycles. The molecule has 0 saturated heterocycles. The Kier molecular flexibility index (Phi) is 4.25. The van der Waals surface area contributed by atoms with Crippen LogP contribution in [0.5, 0.6) is 0 Å². The first kappa shape index (κ1) is 14.5. The van der Waals surface area contributed by atoms with Gasteiger partial charge >= 0.3 is 0 Å². The summed E-state index contributed by atoms with van der Waals surface area (Å²) in [6.07, 6.45) is 1.64. The van der Waals surface area contributed by atoms with Gasteiger partial charge in [-0.05, 0) is 6.42 Å². The number of ketones is 1. The summed E-state index contributed by atoms with van der Waals surface area (Å²) in [6.45, 7) is 3.56. The maximum atomic E-state index is 12.1. The molecule has 17 heavy (non-hydrogen) atoms. The molecule has 0 amide bonds. The lowest BCUT2D eigenvalue weighted by molar-refractivity contribution is -0.214. The summed E-state index contributed by atoms with van der Waals surface area (Å²) in [6, 6.07) is 0. The molecule has 0 saturated carbocycles. The van der Waals surface area contributed by atoms with Gasteiger partial charge in [-0.15, -0.1) is 18.2 Å². The number of Topliss-reactive ketones (excluding diaryl/α,β-unsaturated/α-hetero) is 1. The fourth-order valence-corrected chi connectivity index (χ4v) is 2.85. The van der Waals surface area contributed by atoms with Crippen LogP contribution in [0.4, 0.5) is 0 Å². The Morgan fingerprint density at radius 2 is 1.88 bits per heavy atom. The molecule has 0 aromatic rings. The largest absolute Gasteiger partial charge is 0.494 e. The quantitative estimate of drug-likeness (QED) is 0.440. The molecule has 0 radical (unpaired) electrons. The van der Waals surface area contributed by atoms with Crippen molar-refractivity contribution in [2.75, 3.05) is 21.3 Å². The predicted octanol–water partition coefficient (Wildman–Crippen LogP) is 2.21. The van der Waals surface area contributed by atoms with Gasteiger partial charge in [-0.3, -0.25) is 4.79 Å². The molecule has 96 valence electrons. The summed E-state index contributed by atoms with van der Waals surface area (Å²) < 4.78 is 15.6. The van der Waals surface area contributed by atoms with E-state index in [4.69, 9.17) is 37.4 Å². The molecule has 1 rings (SSSR count). The molecular formula is C11H14Cl2O4. The number of hydrogen-bond acceptors (Lipinski definition) is 4. The maximum Gasteiger partial charge on any atom is 0.256 e. The van der Waals surface area contributed by atoms with E-state index in [9.17, 15) is 4.79 Å². The molecule has 1 aliphatic carbocycles. The van der Waals surface area contributed by atoms with Crippen LogP contribution in [0.25, 0.3) is 0 Å². The molecule has 0 unspecified atom stereocenters. The highest BCUT2D eigenvalue weighted by molar-refractivity contribution is 6.52. The van der Waals surface area contributed by atoms with Crippen molar-refractivity contribution in [3.63, 3.8) is 0 Å². The van der Waals surface area contributed by atoms with Crippen LogP contribution in [-0.2, 0) is 19.0 Å². The Hall–Kier alpha value is -0.550. The lowest BCUT2D eigenvalue weighted by Gasteiger charge is -2.38. The van der Waals surface area contributed by atoms with E-state index < -0.39 is 16.4 Å². The molecule has 0 heterocycles. The minimum atomic E-state index is -1.54. The van der Waals surface area contributed by atoms with E-state index in [0.717, 1.165) is 0 Å². The van der Waals surface area contributed by atoms with Crippen molar-refractivity contribution in [1.29, 1.82) is 0 Å². The van der Waals surface area contributed by atoms with Crippen molar-refractivity contribution in [3.05, 3.63) is 23.4 Å². The Morgan fingerprint density at radius 3 is 2.24 bits per heavy atom. The van der Waals surface area contributed by atoms with Crippen LogP contribution in [0.3, 0.4) is 0 Å². The van der Waals surface area contributed by atoms with Gasteiger partial charge in [0.1, 0.15) is 5.03 Å². The molecule has 0 aliphatic heterocycles. The number of methoxy groups -OCH3 is 3. The van der Waals surface area contributed by atoms with Crippen LogP contribution in [-0.4, -0.2) is 37.8 Å². The highest BCUT2D eigenvalue weighted by atomic mass is 35.5. The van der Waals surface area contributed by atoms with E-state index in [1.807, 2.05) is 0 Å². The third kappa shape index (κ3) is 1.71. The van der Waals surface area contributed by atoms with E-state index in [0.29, 0.717) is 0 Å². The number of allylic oxidation sites excluding steroid dienone is 2. The minimum Gasteiger partial charge on any atom is -0.494 e. The van der Waals surface area contributed by atoms with Crippen LogP contribution in [0.2, 0.25) is 0 Å². The van der Waals surface area contributed by atoms with Crippen molar-refractivity contribution in [3.8, 4) is 0 Å². The number of alkyl halides is 1. The van der Waals surface area contributed by atoms with E-state index in [1.165, 1.54) is 27.4 Å². The first-order valence-corrected chi connectivity index (χ1v) is 5.60. The zero-order valence-electron chi connectivity index (χ0n) is 9.88. The Bertz CT molecular complexity index is 374. The second-order valence-corrected chi connectivity index (χ2v) is 4.52. The molecule has 0 fully saturated rings. The molecule has 0 spiro atoms. The van der Waals surface area contributed by atoms with E-state index in [-0.39, 0.29) is 17.2 Å². The lowest BCUT2D eigenvalue weighted by atomic mass is 9.94. The average Bonchev–Trinajstić information content (AvgIpc) is 2.48. The molecule has 1 atom stereocenters. The highest BCUT2D eigenvalue weighted by Gasteiger charge is 2.66. The van der Waals surface area contributed by atoms with Crippen LogP contribution < -0.4 is 0 Å². The first-order valence-electron chi connectivity index (χ1n) is 4.84. The van der Waals surface area contributed by atoms with Gasteiger partial charge in [0.2, 0.25) is 5.78 Å². The number of halogens is 2. The molecule has 1 aliphatic rings. The van der Waals surface area contributed by atoms with Crippen LogP contribution in [0, 0.1) is 0 Å². The number of rotatable bonds is 5.